The van der Waals surface area contributed by atoms with E-state index in [9.17, 15) is 22.8 Å². The second kappa shape index (κ2) is 9.96. The van der Waals surface area contributed by atoms with Crippen LogP contribution in [0.3, 0.4) is 0 Å². The normalized spacial score (nSPS) is 11.5. The highest BCUT2D eigenvalue weighted by atomic mass is 32.2. The zero-order valence-corrected chi connectivity index (χ0v) is 19.7. The Kier molecular flexibility index (Phi) is 7.81. The lowest BCUT2D eigenvalue weighted by Crippen LogP contribution is -2.47. The number of nitrogens with one attached hydrogen (secondary N) is 3. The molecule has 0 bridgehead atoms. The molecule has 174 valence electrons. The van der Waals surface area contributed by atoms with Crippen LogP contribution in [-0.4, -0.2) is 55.2 Å². The van der Waals surface area contributed by atoms with Crippen LogP contribution in [0, 0.1) is 20.8 Å². The molecule has 0 fully saturated rings. The van der Waals surface area contributed by atoms with Gasteiger partial charge >= 0.3 is 5.97 Å². The lowest BCUT2D eigenvalue weighted by molar-refractivity contribution is -0.121. The van der Waals surface area contributed by atoms with Crippen molar-refractivity contribution in [3.05, 3.63) is 52.3 Å². The van der Waals surface area contributed by atoms with E-state index in [1.54, 1.807) is 39.8 Å². The zero-order chi connectivity index (χ0) is 24.2. The van der Waals surface area contributed by atoms with E-state index >= 15 is 0 Å². The Morgan fingerprint density at radius 1 is 1.06 bits per heavy atom. The van der Waals surface area contributed by atoms with Crippen molar-refractivity contribution in [2.24, 2.45) is 0 Å². The molecule has 0 spiro atoms. The van der Waals surface area contributed by atoms with Gasteiger partial charge in [-0.25, -0.2) is 13.2 Å². The van der Waals surface area contributed by atoms with Crippen LogP contribution < -0.4 is 10.9 Å². The number of hydrogen-bond donors (Lipinski definition) is 3. The van der Waals surface area contributed by atoms with Crippen molar-refractivity contribution in [3.8, 4) is 0 Å². The number of aromatic amines is 1. The Morgan fingerprint density at radius 2 is 1.66 bits per heavy atom. The standard InChI is InChI=1S/C21H28N4O6S/c1-12(2)31-21(28)18-14(4)19(22-15(18)5)20(27)24-23-17(26)11-25(6)32(29,30)16-9-7-13(3)8-10-16/h7-10,12,22H,11H2,1-6H3,(H,23,26)(H,24,27). The second-order valence-electron chi connectivity index (χ2n) is 7.66. The number of ether oxygens (including phenoxy) is 1. The molecule has 0 aliphatic rings. The highest BCUT2D eigenvalue weighted by Gasteiger charge is 2.25. The van der Waals surface area contributed by atoms with Gasteiger partial charge in [0.1, 0.15) is 5.69 Å². The van der Waals surface area contributed by atoms with Crippen LogP contribution in [0.15, 0.2) is 29.2 Å². The van der Waals surface area contributed by atoms with Crippen molar-refractivity contribution >= 4 is 27.8 Å². The molecule has 1 aromatic heterocycles. The van der Waals surface area contributed by atoms with Crippen molar-refractivity contribution in [2.75, 3.05) is 13.6 Å². The number of carbonyl (C=O) groups excluding carboxylic acids is 3. The minimum atomic E-state index is -3.87. The average molecular weight is 465 g/mol. The molecule has 0 unspecified atom stereocenters. The number of esters is 1. The van der Waals surface area contributed by atoms with Gasteiger partial charge in [-0.3, -0.25) is 20.4 Å². The first-order chi connectivity index (χ1) is 14.8. The number of likely N-dealkylation sites (N-methyl/N-ethyl adjacent to an activating group) is 1. The Hall–Kier alpha value is -3.18. The molecule has 1 heterocycles. The van der Waals surface area contributed by atoms with Crippen LogP contribution in [-0.2, 0) is 19.6 Å². The molecule has 0 aliphatic heterocycles. The van der Waals surface area contributed by atoms with E-state index in [1.807, 2.05) is 6.92 Å². The van der Waals surface area contributed by atoms with E-state index in [-0.39, 0.29) is 22.3 Å². The molecule has 32 heavy (non-hydrogen) atoms. The van der Waals surface area contributed by atoms with Crippen molar-refractivity contribution in [1.82, 2.24) is 20.1 Å². The molecule has 2 amide bonds. The summed E-state index contributed by atoms with van der Waals surface area (Å²) >= 11 is 0. The number of hydrogen-bond acceptors (Lipinski definition) is 6. The molecule has 0 saturated carbocycles. The number of benzene rings is 1. The monoisotopic (exact) mass is 464 g/mol. The lowest BCUT2D eigenvalue weighted by atomic mass is 10.1. The van der Waals surface area contributed by atoms with E-state index in [2.05, 4.69) is 15.8 Å². The minimum absolute atomic E-state index is 0.0562. The van der Waals surface area contributed by atoms with Crippen LogP contribution >= 0.6 is 0 Å². The Labute approximate surface area is 187 Å². The minimum Gasteiger partial charge on any atom is -0.459 e. The quantitative estimate of drug-likeness (QED) is 0.420. The van der Waals surface area contributed by atoms with Gasteiger partial charge in [-0.2, -0.15) is 4.31 Å². The van der Waals surface area contributed by atoms with Crippen LogP contribution in [0.1, 0.15) is 51.5 Å². The fourth-order valence-electron chi connectivity index (χ4n) is 2.96. The van der Waals surface area contributed by atoms with Gasteiger partial charge < -0.3 is 9.72 Å². The maximum Gasteiger partial charge on any atom is 0.340 e. The summed E-state index contributed by atoms with van der Waals surface area (Å²) in [5, 5.41) is 0. The van der Waals surface area contributed by atoms with Crippen molar-refractivity contribution < 1.29 is 27.5 Å². The molecule has 3 N–H and O–H groups in total. The predicted octanol–water partition coefficient (Wildman–Crippen LogP) is 1.59. The molecular weight excluding hydrogens is 436 g/mol. The number of nitrogens with zero attached hydrogens (tertiary/aromatic N) is 1. The van der Waals surface area contributed by atoms with Gasteiger partial charge in [-0.15, -0.1) is 0 Å². The van der Waals surface area contributed by atoms with Crippen molar-refractivity contribution in [2.45, 2.75) is 45.6 Å². The maximum absolute atomic E-state index is 12.6. The summed E-state index contributed by atoms with van der Waals surface area (Å²) in [6.45, 7) is 7.97. The highest BCUT2D eigenvalue weighted by Crippen LogP contribution is 2.19. The van der Waals surface area contributed by atoms with Gasteiger partial charge in [0.2, 0.25) is 10.0 Å². The van der Waals surface area contributed by atoms with Crippen molar-refractivity contribution in [1.29, 1.82) is 0 Å². The topological polar surface area (TPSA) is 138 Å². The molecule has 0 saturated heterocycles. The Balaban J connectivity index is 2.02. The van der Waals surface area contributed by atoms with Gasteiger partial charge in [-0.05, 0) is 52.3 Å². The third kappa shape index (κ3) is 5.74. The number of H-pyrrole nitrogens is 1. The average Bonchev–Trinajstić information content (AvgIpc) is 3.00. The molecule has 0 radical (unpaired) electrons. The summed E-state index contributed by atoms with van der Waals surface area (Å²) in [4.78, 5) is 39.8. The summed E-state index contributed by atoms with van der Waals surface area (Å²) < 4.78 is 31.2. The van der Waals surface area contributed by atoms with Crippen LogP contribution in [0.2, 0.25) is 0 Å². The SMILES string of the molecule is Cc1ccc(S(=O)(=O)N(C)CC(=O)NNC(=O)c2[nH]c(C)c(C(=O)OC(C)C)c2C)cc1. The Morgan fingerprint density at radius 3 is 2.22 bits per heavy atom. The molecule has 11 heteroatoms. The summed E-state index contributed by atoms with van der Waals surface area (Å²) in [6.07, 6.45) is -0.319. The third-order valence-electron chi connectivity index (χ3n) is 4.62. The first-order valence-electron chi connectivity index (χ1n) is 9.87. The first-order valence-corrected chi connectivity index (χ1v) is 11.3. The van der Waals surface area contributed by atoms with Gasteiger partial charge in [0, 0.05) is 12.7 Å². The fourth-order valence-corrected chi connectivity index (χ4v) is 4.09. The van der Waals surface area contributed by atoms with E-state index in [1.165, 1.54) is 19.2 Å². The molecule has 10 nitrogen and oxygen atoms in total. The van der Waals surface area contributed by atoms with Gasteiger partial charge in [-0.1, -0.05) is 17.7 Å². The molecule has 0 aliphatic carbocycles. The zero-order valence-electron chi connectivity index (χ0n) is 18.9. The highest BCUT2D eigenvalue weighted by molar-refractivity contribution is 7.89. The molecule has 2 aromatic rings. The van der Waals surface area contributed by atoms with E-state index in [0.29, 0.717) is 11.3 Å². The largest absolute Gasteiger partial charge is 0.459 e. The summed E-state index contributed by atoms with van der Waals surface area (Å²) in [7, 11) is -2.60. The van der Waals surface area contributed by atoms with Gasteiger partial charge in [0.15, 0.2) is 0 Å². The number of aryl methyl sites for hydroxylation is 2. The van der Waals surface area contributed by atoms with Crippen LogP contribution in [0.5, 0.6) is 0 Å². The van der Waals surface area contributed by atoms with Gasteiger partial charge in [0.05, 0.1) is 23.1 Å². The van der Waals surface area contributed by atoms with Crippen LogP contribution in [0.4, 0.5) is 0 Å². The number of sulfonamides is 1. The number of aromatic nitrogens is 1. The first kappa shape index (κ1) is 25.1. The molecule has 2 rings (SSSR count). The fraction of sp³-hybridized carbons (Fsp3) is 0.381. The Bertz CT molecular complexity index is 1120. The van der Waals surface area contributed by atoms with E-state index in [0.717, 1.165) is 9.87 Å². The second-order valence-corrected chi connectivity index (χ2v) is 9.70. The summed E-state index contributed by atoms with van der Waals surface area (Å²) in [5.41, 5.74) is 6.46. The molecule has 0 atom stereocenters. The lowest BCUT2D eigenvalue weighted by Gasteiger charge is -2.17. The summed E-state index contributed by atoms with van der Waals surface area (Å²) in [5.74, 6) is -1.99. The van der Waals surface area contributed by atoms with E-state index in [4.69, 9.17) is 4.74 Å². The maximum atomic E-state index is 12.6. The number of carbonyl (C=O) groups is 3. The van der Waals surface area contributed by atoms with Crippen molar-refractivity contribution in [3.63, 3.8) is 0 Å². The molecule has 1 aromatic carbocycles. The number of amides is 2. The van der Waals surface area contributed by atoms with Crippen LogP contribution in [0.25, 0.3) is 0 Å². The third-order valence-corrected chi connectivity index (χ3v) is 6.44. The number of hydrazine groups is 1. The molecular formula is C21H28N4O6S. The smallest absolute Gasteiger partial charge is 0.340 e. The number of rotatable bonds is 7. The summed E-state index contributed by atoms with van der Waals surface area (Å²) in [6, 6.07) is 6.23. The van der Waals surface area contributed by atoms with Gasteiger partial charge in [0.25, 0.3) is 11.8 Å². The predicted molar refractivity (Wildman–Crippen MR) is 117 cm³/mol. The van der Waals surface area contributed by atoms with E-state index < -0.39 is 34.4 Å².